The zero-order valence-electron chi connectivity index (χ0n) is 16.4. The van der Waals surface area contributed by atoms with Gasteiger partial charge in [0.2, 0.25) is 0 Å². The van der Waals surface area contributed by atoms with E-state index in [-0.39, 0.29) is 12.4 Å². The van der Waals surface area contributed by atoms with Gasteiger partial charge in [0.05, 0.1) is 11.4 Å². The van der Waals surface area contributed by atoms with Crippen molar-refractivity contribution in [3.8, 4) is 11.4 Å². The molecule has 0 aliphatic carbocycles. The molecule has 3 aromatic rings. The van der Waals surface area contributed by atoms with Crippen LogP contribution in [0, 0.1) is 20.8 Å². The Morgan fingerprint density at radius 1 is 0.704 bits per heavy atom. The summed E-state index contributed by atoms with van der Waals surface area (Å²) in [6, 6.07) is 16.8. The predicted octanol–water partition coefficient (Wildman–Crippen LogP) is 3.57. The summed E-state index contributed by atoms with van der Waals surface area (Å²) in [6.45, 7) is 10.7. The Hall–Kier alpha value is -1.28. The molecule has 0 saturated heterocycles. The van der Waals surface area contributed by atoms with Gasteiger partial charge in [-0.25, -0.2) is 0 Å². The number of rotatable bonds is 2. The summed E-state index contributed by atoms with van der Waals surface area (Å²) in [6.07, 6.45) is 3.63. The standard InChI is InChI=1S/C12H12N2.C10H14.2ClH.Ru/c1-9-3-5-13-11(7-9)12-8-10(2)4-6-14-12;1-8(2)10-6-4-9(3)5-7-10;;;/h3-8H,1-2H3;4-8H,1-3H3;2*1H;/q;;;;+2/p-2. The van der Waals surface area contributed by atoms with Crippen molar-refractivity contribution in [2.75, 3.05) is 0 Å². The van der Waals surface area contributed by atoms with Crippen molar-refractivity contribution in [2.45, 2.75) is 40.5 Å². The first kappa shape index (κ1) is 25.7. The first-order valence-electron chi connectivity index (χ1n) is 8.51. The monoisotopic (exact) mass is 490 g/mol. The van der Waals surface area contributed by atoms with Crippen molar-refractivity contribution in [1.29, 1.82) is 0 Å². The van der Waals surface area contributed by atoms with Gasteiger partial charge in [-0.3, -0.25) is 9.97 Å². The number of benzene rings is 1. The zero-order chi connectivity index (χ0) is 19.5. The van der Waals surface area contributed by atoms with Crippen LogP contribution in [0.1, 0.15) is 42.0 Å². The van der Waals surface area contributed by atoms with Gasteiger partial charge in [0.25, 0.3) is 0 Å². The molecule has 0 aliphatic rings. The van der Waals surface area contributed by atoms with Crippen LogP contribution < -0.4 is 12.4 Å². The fraction of sp³-hybridized carbons (Fsp3) is 0.273. The molecule has 0 atom stereocenters. The average Bonchev–Trinajstić information content (AvgIpc) is 2.64. The van der Waals surface area contributed by atoms with E-state index in [2.05, 4.69) is 78.5 Å². The van der Waals surface area contributed by atoms with E-state index in [0.29, 0.717) is 5.92 Å². The molecule has 146 valence electrons. The number of hydrogen-bond acceptors (Lipinski definition) is 2. The third-order valence-electron chi connectivity index (χ3n) is 3.84. The van der Waals surface area contributed by atoms with Crippen molar-refractivity contribution in [1.82, 2.24) is 9.97 Å². The Balaban J connectivity index is 0.000000463. The Bertz CT molecular complexity index is 747. The predicted molar refractivity (Wildman–Crippen MR) is 108 cm³/mol. The third kappa shape index (κ3) is 9.47. The molecule has 0 bridgehead atoms. The summed E-state index contributed by atoms with van der Waals surface area (Å²) in [5, 5.41) is 0. The van der Waals surface area contributed by atoms with Crippen molar-refractivity contribution in [3.05, 3.63) is 83.2 Å². The first-order chi connectivity index (χ1) is 12.5. The minimum absolute atomic E-state index is 0. The normalized spacial score (nSPS) is 9.33. The molecule has 0 N–H and O–H groups in total. The van der Waals surface area contributed by atoms with E-state index in [4.69, 9.17) is 0 Å². The van der Waals surface area contributed by atoms with Gasteiger partial charge in [0, 0.05) is 12.4 Å². The second-order valence-corrected chi connectivity index (χ2v) is 6.50. The van der Waals surface area contributed by atoms with Crippen molar-refractivity contribution >= 4 is 9.69 Å². The molecule has 5 heteroatoms. The minimum atomic E-state index is 0. The van der Waals surface area contributed by atoms with Crippen LogP contribution in [0.2, 0.25) is 0 Å². The Morgan fingerprint density at radius 2 is 1.11 bits per heavy atom. The second kappa shape index (κ2) is 13.8. The van der Waals surface area contributed by atoms with E-state index < -0.39 is 0 Å². The number of nitrogens with zero attached hydrogens (tertiary/aromatic N) is 2. The molecule has 0 fully saturated rings. The maximum atomic E-state index is 4.57. The van der Waals surface area contributed by atoms with E-state index in [0.717, 1.165) is 11.4 Å². The van der Waals surface area contributed by atoms with Gasteiger partial charge >= 0.3 is 27.0 Å². The summed E-state index contributed by atoms with van der Waals surface area (Å²) in [5.41, 5.74) is 7.05. The van der Waals surface area contributed by atoms with Gasteiger partial charge in [-0.2, -0.15) is 0 Å². The Kier molecular flexibility index (Phi) is 13.2. The molecular formula is C22H26Cl2N2Ru. The summed E-state index contributed by atoms with van der Waals surface area (Å²) in [5.74, 6) is 0.653. The van der Waals surface area contributed by atoms with Crippen molar-refractivity contribution in [2.24, 2.45) is 0 Å². The molecule has 2 heterocycles. The molecule has 0 spiro atoms. The van der Waals surface area contributed by atoms with Crippen LogP contribution in [-0.2, 0) is 17.3 Å². The molecule has 0 unspecified atom stereocenters. The number of aryl methyl sites for hydroxylation is 3. The first-order valence-corrected chi connectivity index (χ1v) is 10.7. The van der Waals surface area contributed by atoms with Gasteiger partial charge in [-0.05, 0) is 67.6 Å². The topological polar surface area (TPSA) is 25.8 Å². The summed E-state index contributed by atoms with van der Waals surface area (Å²) in [7, 11) is 4.57. The van der Waals surface area contributed by atoms with E-state index in [9.17, 15) is 0 Å². The van der Waals surface area contributed by atoms with Gasteiger partial charge in [0.15, 0.2) is 0 Å². The number of hydrogen-bond donors (Lipinski definition) is 0. The molecule has 27 heavy (non-hydrogen) atoms. The quantitative estimate of drug-likeness (QED) is 0.514. The maximum absolute atomic E-state index is 4.57. The Labute approximate surface area is 183 Å². The average molecular weight is 490 g/mol. The third-order valence-corrected chi connectivity index (χ3v) is 3.84. The molecular weight excluding hydrogens is 464 g/mol. The molecule has 1 aromatic carbocycles. The molecule has 0 saturated carbocycles. The van der Waals surface area contributed by atoms with Crippen LogP contribution in [-0.4, -0.2) is 9.97 Å². The summed E-state index contributed by atoms with van der Waals surface area (Å²) < 4.78 is 0. The number of aromatic nitrogens is 2. The fourth-order valence-corrected chi connectivity index (χ4v) is 2.30. The van der Waals surface area contributed by atoms with E-state index in [1.165, 1.54) is 22.3 Å². The molecule has 2 aromatic heterocycles. The molecule has 2 nitrogen and oxygen atoms in total. The molecule has 0 amide bonds. The van der Waals surface area contributed by atoms with Gasteiger partial charge in [-0.15, -0.1) is 0 Å². The summed E-state index contributed by atoms with van der Waals surface area (Å²) in [4.78, 5) is 8.58. The van der Waals surface area contributed by atoms with Gasteiger partial charge < -0.3 is 12.4 Å². The Morgan fingerprint density at radius 3 is 1.44 bits per heavy atom. The second-order valence-electron chi connectivity index (χ2n) is 6.50. The van der Waals surface area contributed by atoms with Gasteiger partial charge in [0.1, 0.15) is 0 Å². The van der Waals surface area contributed by atoms with Crippen LogP contribution in [0.3, 0.4) is 0 Å². The number of halogens is 2. The fourth-order valence-electron chi connectivity index (χ4n) is 2.30. The van der Waals surface area contributed by atoms with Crippen molar-refractivity contribution in [3.63, 3.8) is 0 Å². The summed E-state index contributed by atoms with van der Waals surface area (Å²) >= 11 is 1.82. The van der Waals surface area contributed by atoms with E-state index in [1.807, 2.05) is 54.0 Å². The van der Waals surface area contributed by atoms with Crippen LogP contribution in [0.25, 0.3) is 11.4 Å². The van der Waals surface area contributed by atoms with Crippen LogP contribution in [0.15, 0.2) is 60.9 Å². The molecule has 0 aliphatic heterocycles. The van der Waals surface area contributed by atoms with Crippen molar-refractivity contribution < 1.29 is 29.7 Å². The SMILES string of the molecule is Cc1ccc(C(C)C)cc1.Cc1ccnc(-c2cc(C)ccn2)c1.[Cl-].[Cl][Ru+]. The molecule has 0 radical (unpaired) electrons. The van der Waals surface area contributed by atoms with Crippen LogP contribution in [0.5, 0.6) is 0 Å². The zero-order valence-corrected chi connectivity index (χ0v) is 19.6. The van der Waals surface area contributed by atoms with Crippen LogP contribution >= 0.6 is 9.69 Å². The van der Waals surface area contributed by atoms with E-state index in [1.54, 1.807) is 0 Å². The van der Waals surface area contributed by atoms with Crippen LogP contribution in [0.4, 0.5) is 0 Å². The van der Waals surface area contributed by atoms with Gasteiger partial charge in [-0.1, -0.05) is 43.7 Å². The van der Waals surface area contributed by atoms with E-state index >= 15 is 0 Å². The molecule has 3 rings (SSSR count). The number of pyridine rings is 2.